The summed E-state index contributed by atoms with van der Waals surface area (Å²) in [4.78, 5) is 14.1. The van der Waals surface area contributed by atoms with Gasteiger partial charge in [-0.3, -0.25) is 10.2 Å². The lowest BCUT2D eigenvalue weighted by Gasteiger charge is -2.33. The number of aromatic amines is 1. The number of aromatic nitrogens is 1. The van der Waals surface area contributed by atoms with E-state index in [-0.39, 0.29) is 10.6 Å². The molecule has 1 aromatic heterocycles. The van der Waals surface area contributed by atoms with Crippen LogP contribution in [0.25, 0.3) is 0 Å². The van der Waals surface area contributed by atoms with Crippen LogP contribution in [0.5, 0.6) is 0 Å². The minimum atomic E-state index is -3.57. The van der Waals surface area contributed by atoms with Crippen LogP contribution in [0.1, 0.15) is 30.8 Å². The first-order chi connectivity index (χ1) is 9.34. The third-order valence-electron chi connectivity index (χ3n) is 3.51. The van der Waals surface area contributed by atoms with Gasteiger partial charge in [0.15, 0.2) is 0 Å². The highest BCUT2D eigenvalue weighted by atomic mass is 32.2. The normalized spacial score (nSPS) is 24.6. The maximum Gasteiger partial charge on any atom is 0.281 e. The molecule has 1 amide bonds. The van der Waals surface area contributed by atoms with Crippen molar-refractivity contribution in [3.63, 3.8) is 0 Å². The van der Waals surface area contributed by atoms with Crippen LogP contribution in [-0.2, 0) is 10.0 Å². The van der Waals surface area contributed by atoms with Crippen molar-refractivity contribution in [3.8, 4) is 0 Å². The average Bonchev–Trinajstić information content (AvgIpc) is 2.86. The van der Waals surface area contributed by atoms with E-state index in [1.807, 2.05) is 19.3 Å². The Morgan fingerprint density at radius 3 is 2.55 bits per heavy atom. The number of hydrazine groups is 1. The van der Waals surface area contributed by atoms with E-state index < -0.39 is 15.9 Å². The molecule has 4 N–H and O–H groups in total. The summed E-state index contributed by atoms with van der Waals surface area (Å²) in [5.41, 5.74) is 2.09. The van der Waals surface area contributed by atoms with Crippen molar-refractivity contribution in [2.24, 2.45) is 17.7 Å². The number of carbonyl (C=O) groups is 1. The Bertz CT molecular complexity index is 586. The number of nitrogens with zero attached hydrogens (tertiary/aromatic N) is 1. The number of piperidine rings is 1. The zero-order valence-electron chi connectivity index (χ0n) is 11.6. The van der Waals surface area contributed by atoms with Crippen LogP contribution in [0.3, 0.4) is 0 Å². The Labute approximate surface area is 118 Å². The van der Waals surface area contributed by atoms with Crippen molar-refractivity contribution in [2.75, 3.05) is 13.1 Å². The third-order valence-corrected chi connectivity index (χ3v) is 5.31. The predicted octanol–water partition coefficient (Wildman–Crippen LogP) is 0.285. The number of H-pyrrole nitrogens is 1. The van der Waals surface area contributed by atoms with Gasteiger partial charge in [-0.15, -0.1) is 0 Å². The SMILES string of the molecule is CC1CC(C)CN(S(=O)(=O)c2c[nH]c(C(=O)NN)c2)C1. The highest BCUT2D eigenvalue weighted by Gasteiger charge is 2.32. The summed E-state index contributed by atoms with van der Waals surface area (Å²) in [6, 6.07) is 1.31. The van der Waals surface area contributed by atoms with Gasteiger partial charge in [-0.2, -0.15) is 4.31 Å². The molecule has 0 spiro atoms. The van der Waals surface area contributed by atoms with Gasteiger partial charge < -0.3 is 4.98 Å². The fourth-order valence-electron chi connectivity index (χ4n) is 2.68. The molecule has 1 saturated heterocycles. The fourth-order valence-corrected chi connectivity index (χ4v) is 4.36. The van der Waals surface area contributed by atoms with E-state index in [1.165, 1.54) is 16.6 Å². The molecular formula is C12H20N4O3S. The zero-order valence-corrected chi connectivity index (χ0v) is 12.4. The van der Waals surface area contributed by atoms with Gasteiger partial charge in [0.25, 0.3) is 5.91 Å². The van der Waals surface area contributed by atoms with E-state index in [4.69, 9.17) is 5.84 Å². The Balaban J connectivity index is 2.26. The van der Waals surface area contributed by atoms with Crippen LogP contribution >= 0.6 is 0 Å². The summed E-state index contributed by atoms with van der Waals surface area (Å²) >= 11 is 0. The number of hydrogen-bond donors (Lipinski definition) is 3. The Kier molecular flexibility index (Phi) is 4.17. The van der Waals surface area contributed by atoms with E-state index in [0.717, 1.165) is 6.42 Å². The van der Waals surface area contributed by atoms with Gasteiger partial charge in [-0.05, 0) is 24.3 Å². The lowest BCUT2D eigenvalue weighted by molar-refractivity contribution is 0.0949. The highest BCUT2D eigenvalue weighted by molar-refractivity contribution is 7.89. The minimum absolute atomic E-state index is 0.0948. The second kappa shape index (κ2) is 5.55. The first-order valence-corrected chi connectivity index (χ1v) is 7.98. The number of nitrogens with one attached hydrogen (secondary N) is 2. The van der Waals surface area contributed by atoms with E-state index in [9.17, 15) is 13.2 Å². The van der Waals surface area contributed by atoms with Gasteiger partial charge in [0.2, 0.25) is 10.0 Å². The quantitative estimate of drug-likeness (QED) is 0.423. The van der Waals surface area contributed by atoms with Crippen LogP contribution in [0.15, 0.2) is 17.2 Å². The van der Waals surface area contributed by atoms with Crippen molar-refractivity contribution >= 4 is 15.9 Å². The molecule has 2 atom stereocenters. The number of sulfonamides is 1. The summed E-state index contributed by atoms with van der Waals surface area (Å²) in [5, 5.41) is 0. The molecule has 2 heterocycles. The maximum absolute atomic E-state index is 12.5. The molecule has 1 aromatic rings. The summed E-state index contributed by atoms with van der Waals surface area (Å²) in [6.45, 7) is 5.11. The number of nitrogens with two attached hydrogens (primary N) is 1. The first kappa shape index (κ1) is 15.0. The molecule has 0 aliphatic carbocycles. The van der Waals surface area contributed by atoms with Crippen molar-refractivity contribution in [1.82, 2.24) is 14.7 Å². The lowest BCUT2D eigenvalue weighted by Crippen LogP contribution is -2.42. The second-order valence-electron chi connectivity index (χ2n) is 5.49. The summed E-state index contributed by atoms with van der Waals surface area (Å²) in [7, 11) is -3.57. The summed E-state index contributed by atoms with van der Waals surface area (Å²) in [6.07, 6.45) is 2.35. The molecule has 1 fully saturated rings. The van der Waals surface area contributed by atoms with Crippen LogP contribution in [0.4, 0.5) is 0 Å². The largest absolute Gasteiger partial charge is 0.356 e. The molecule has 0 aromatic carbocycles. The van der Waals surface area contributed by atoms with Gasteiger partial charge in [0, 0.05) is 19.3 Å². The Morgan fingerprint density at radius 1 is 1.40 bits per heavy atom. The Morgan fingerprint density at radius 2 is 2.00 bits per heavy atom. The molecule has 1 aliphatic heterocycles. The molecule has 7 nitrogen and oxygen atoms in total. The molecule has 0 bridgehead atoms. The molecule has 0 saturated carbocycles. The van der Waals surface area contributed by atoms with Crippen LogP contribution in [0.2, 0.25) is 0 Å². The van der Waals surface area contributed by atoms with Crippen LogP contribution < -0.4 is 11.3 Å². The number of carbonyl (C=O) groups excluding carboxylic acids is 1. The number of amides is 1. The van der Waals surface area contributed by atoms with E-state index in [1.54, 1.807) is 0 Å². The molecule has 112 valence electrons. The molecule has 2 unspecified atom stereocenters. The van der Waals surface area contributed by atoms with Gasteiger partial charge in [-0.25, -0.2) is 14.3 Å². The molecule has 8 heteroatoms. The van der Waals surface area contributed by atoms with Crippen molar-refractivity contribution in [1.29, 1.82) is 0 Å². The monoisotopic (exact) mass is 300 g/mol. The third kappa shape index (κ3) is 2.87. The lowest BCUT2D eigenvalue weighted by atomic mass is 9.94. The smallest absolute Gasteiger partial charge is 0.281 e. The van der Waals surface area contributed by atoms with E-state index in [0.29, 0.717) is 24.9 Å². The minimum Gasteiger partial charge on any atom is -0.356 e. The Hall–Kier alpha value is -1.38. The van der Waals surface area contributed by atoms with Crippen LogP contribution in [0, 0.1) is 11.8 Å². The second-order valence-corrected chi connectivity index (χ2v) is 7.43. The van der Waals surface area contributed by atoms with E-state index >= 15 is 0 Å². The van der Waals surface area contributed by atoms with Gasteiger partial charge in [0.1, 0.15) is 10.6 Å². The van der Waals surface area contributed by atoms with Crippen molar-refractivity contribution in [3.05, 3.63) is 18.0 Å². The average molecular weight is 300 g/mol. The number of nitrogen functional groups attached to an aromatic ring is 1. The highest BCUT2D eigenvalue weighted by Crippen LogP contribution is 2.26. The van der Waals surface area contributed by atoms with Crippen LogP contribution in [-0.4, -0.2) is 36.7 Å². The molecule has 0 radical (unpaired) electrons. The number of rotatable bonds is 3. The predicted molar refractivity (Wildman–Crippen MR) is 74.2 cm³/mol. The van der Waals surface area contributed by atoms with Crippen molar-refractivity contribution < 1.29 is 13.2 Å². The molecule has 20 heavy (non-hydrogen) atoms. The van der Waals surface area contributed by atoms with Gasteiger partial charge in [0.05, 0.1) is 0 Å². The standard InChI is InChI=1S/C12H20N4O3S/c1-8-3-9(2)7-16(6-8)20(18,19)10-4-11(14-5-10)12(17)15-13/h4-5,8-9,14H,3,6-7,13H2,1-2H3,(H,15,17). The molecular weight excluding hydrogens is 280 g/mol. The molecule has 1 aliphatic rings. The number of hydrogen-bond acceptors (Lipinski definition) is 4. The van der Waals surface area contributed by atoms with Gasteiger partial charge >= 0.3 is 0 Å². The molecule has 2 rings (SSSR count). The fraction of sp³-hybridized carbons (Fsp3) is 0.583. The van der Waals surface area contributed by atoms with Crippen molar-refractivity contribution in [2.45, 2.75) is 25.2 Å². The first-order valence-electron chi connectivity index (χ1n) is 6.54. The van der Waals surface area contributed by atoms with E-state index in [2.05, 4.69) is 4.98 Å². The summed E-state index contributed by atoms with van der Waals surface area (Å²) < 4.78 is 26.6. The van der Waals surface area contributed by atoms with Gasteiger partial charge in [-0.1, -0.05) is 13.8 Å². The maximum atomic E-state index is 12.5. The summed E-state index contributed by atoms with van der Waals surface area (Å²) in [5.74, 6) is 5.14. The topological polar surface area (TPSA) is 108 Å². The zero-order chi connectivity index (χ0) is 14.9.